The van der Waals surface area contributed by atoms with Gasteiger partial charge in [0, 0.05) is 31.9 Å². The van der Waals surface area contributed by atoms with E-state index < -0.39 is 0 Å². The third-order valence-electron chi connectivity index (χ3n) is 2.89. The predicted octanol–water partition coefficient (Wildman–Crippen LogP) is 1.92. The zero-order chi connectivity index (χ0) is 15.1. The Balaban J connectivity index is 1.97. The molecule has 0 atom stereocenters. The molecule has 0 aliphatic carbocycles. The molecule has 0 unspecified atom stereocenters. The lowest BCUT2D eigenvalue weighted by Gasteiger charge is -2.10. The maximum Gasteiger partial charge on any atom is 0.305 e. The number of carbonyl (C=O) groups is 1. The molecule has 2 aromatic heterocycles. The number of fused-ring (bicyclic) bond motifs is 1. The van der Waals surface area contributed by atoms with Gasteiger partial charge in [0.1, 0.15) is 5.82 Å². The van der Waals surface area contributed by atoms with Crippen LogP contribution in [0.5, 0.6) is 0 Å². The lowest BCUT2D eigenvalue weighted by Crippen LogP contribution is -2.11. The molecule has 114 valence electrons. The van der Waals surface area contributed by atoms with Gasteiger partial charge < -0.3 is 19.8 Å². The fraction of sp³-hybridized carbons (Fsp3) is 0.500. The molecule has 0 fully saturated rings. The Labute approximate surface area is 123 Å². The van der Waals surface area contributed by atoms with Gasteiger partial charge in [-0.25, -0.2) is 9.97 Å². The highest BCUT2D eigenvalue weighted by atomic mass is 16.5. The van der Waals surface area contributed by atoms with Gasteiger partial charge in [0.05, 0.1) is 12.8 Å². The van der Waals surface area contributed by atoms with Gasteiger partial charge in [-0.15, -0.1) is 0 Å². The first kappa shape index (κ1) is 15.1. The van der Waals surface area contributed by atoms with Crippen molar-refractivity contribution in [1.29, 1.82) is 0 Å². The van der Waals surface area contributed by atoms with Crippen molar-refractivity contribution >= 4 is 23.3 Å². The van der Waals surface area contributed by atoms with Crippen molar-refractivity contribution in [3.05, 3.63) is 18.6 Å². The van der Waals surface area contributed by atoms with E-state index in [1.165, 1.54) is 0 Å². The first-order valence-electron chi connectivity index (χ1n) is 7.21. The van der Waals surface area contributed by atoms with Crippen molar-refractivity contribution in [3.63, 3.8) is 0 Å². The summed E-state index contributed by atoms with van der Waals surface area (Å²) in [6.45, 7) is 5.69. The maximum absolute atomic E-state index is 11.3. The average molecular weight is 291 g/mol. The topological polar surface area (TPSA) is 80.5 Å². The van der Waals surface area contributed by atoms with Crippen LogP contribution < -0.4 is 10.6 Å². The van der Waals surface area contributed by atoms with Crippen LogP contribution in [0.15, 0.2) is 18.6 Å². The average Bonchev–Trinajstić information content (AvgIpc) is 2.92. The molecule has 0 aliphatic heterocycles. The molecule has 0 spiro atoms. The monoisotopic (exact) mass is 291 g/mol. The molecule has 0 saturated carbocycles. The molecule has 2 aromatic rings. The number of carbonyl (C=O) groups excluding carboxylic acids is 1. The van der Waals surface area contributed by atoms with Crippen molar-refractivity contribution in [2.45, 2.75) is 26.7 Å². The van der Waals surface area contributed by atoms with E-state index in [0.29, 0.717) is 31.8 Å². The number of ether oxygens (including phenoxy) is 1. The summed E-state index contributed by atoms with van der Waals surface area (Å²) in [5.41, 5.74) is 0.771. The number of imidazole rings is 1. The van der Waals surface area contributed by atoms with Gasteiger partial charge in [0.15, 0.2) is 11.5 Å². The van der Waals surface area contributed by atoms with Gasteiger partial charge in [-0.05, 0) is 20.3 Å². The van der Waals surface area contributed by atoms with E-state index in [1.807, 2.05) is 23.7 Å². The van der Waals surface area contributed by atoms with Crippen LogP contribution in [0.2, 0.25) is 0 Å². The molecule has 0 radical (unpaired) electrons. The first-order chi connectivity index (χ1) is 10.2. The lowest BCUT2D eigenvalue weighted by atomic mass is 10.3. The molecule has 2 rings (SSSR count). The molecule has 0 amide bonds. The summed E-state index contributed by atoms with van der Waals surface area (Å²) in [6, 6.07) is 0. The Morgan fingerprint density at radius 1 is 1.38 bits per heavy atom. The lowest BCUT2D eigenvalue weighted by molar-refractivity contribution is -0.143. The van der Waals surface area contributed by atoms with Gasteiger partial charge in [0.2, 0.25) is 0 Å². The minimum atomic E-state index is -0.167. The van der Waals surface area contributed by atoms with E-state index in [4.69, 9.17) is 4.74 Å². The summed E-state index contributed by atoms with van der Waals surface area (Å²) in [4.78, 5) is 20.0. The summed E-state index contributed by atoms with van der Waals surface area (Å²) in [6.07, 6.45) is 6.60. The van der Waals surface area contributed by atoms with Crippen LogP contribution in [0.3, 0.4) is 0 Å². The Morgan fingerprint density at radius 3 is 3.00 bits per heavy atom. The Bertz CT molecular complexity index is 596. The van der Waals surface area contributed by atoms with E-state index in [-0.39, 0.29) is 5.97 Å². The Morgan fingerprint density at radius 2 is 2.24 bits per heavy atom. The summed E-state index contributed by atoms with van der Waals surface area (Å²) in [5.74, 6) is 1.33. The number of rotatable bonds is 8. The zero-order valence-electron chi connectivity index (χ0n) is 12.4. The highest BCUT2D eigenvalue weighted by Crippen LogP contribution is 2.16. The second kappa shape index (κ2) is 7.47. The van der Waals surface area contributed by atoms with E-state index >= 15 is 0 Å². The summed E-state index contributed by atoms with van der Waals surface area (Å²) < 4.78 is 6.81. The van der Waals surface area contributed by atoms with Gasteiger partial charge >= 0.3 is 5.97 Å². The molecule has 0 aliphatic rings. The van der Waals surface area contributed by atoms with Crippen LogP contribution in [0, 0.1) is 0 Å². The zero-order valence-corrected chi connectivity index (χ0v) is 12.4. The van der Waals surface area contributed by atoms with E-state index in [0.717, 1.165) is 18.0 Å². The third-order valence-corrected chi connectivity index (χ3v) is 2.89. The van der Waals surface area contributed by atoms with Gasteiger partial charge in [-0.1, -0.05) is 0 Å². The summed E-state index contributed by atoms with van der Waals surface area (Å²) in [7, 11) is 0. The second-order valence-electron chi connectivity index (χ2n) is 4.50. The van der Waals surface area contributed by atoms with E-state index in [9.17, 15) is 4.79 Å². The molecule has 0 bridgehead atoms. The van der Waals surface area contributed by atoms with Crippen molar-refractivity contribution in [3.8, 4) is 0 Å². The van der Waals surface area contributed by atoms with Crippen molar-refractivity contribution < 1.29 is 9.53 Å². The highest BCUT2D eigenvalue weighted by molar-refractivity contribution is 5.69. The number of nitrogens with one attached hydrogen (secondary N) is 2. The number of hydrogen-bond donors (Lipinski definition) is 2. The van der Waals surface area contributed by atoms with E-state index in [2.05, 4.69) is 20.6 Å². The smallest absolute Gasteiger partial charge is 0.305 e. The number of anilines is 2. The van der Waals surface area contributed by atoms with Gasteiger partial charge in [0.25, 0.3) is 0 Å². The molecule has 21 heavy (non-hydrogen) atoms. The molecule has 0 aromatic carbocycles. The normalized spacial score (nSPS) is 10.6. The molecule has 7 nitrogen and oxygen atoms in total. The number of esters is 1. The highest BCUT2D eigenvalue weighted by Gasteiger charge is 2.07. The van der Waals surface area contributed by atoms with Crippen molar-refractivity contribution in [2.24, 2.45) is 0 Å². The van der Waals surface area contributed by atoms with Crippen LogP contribution in [0.1, 0.15) is 26.7 Å². The van der Waals surface area contributed by atoms with Crippen LogP contribution in [-0.4, -0.2) is 40.0 Å². The fourth-order valence-corrected chi connectivity index (χ4v) is 1.99. The molecular weight excluding hydrogens is 270 g/mol. The number of aromatic nitrogens is 3. The third kappa shape index (κ3) is 4.08. The van der Waals surface area contributed by atoms with Gasteiger partial charge in [-0.2, -0.15) is 0 Å². The van der Waals surface area contributed by atoms with Crippen molar-refractivity contribution in [1.82, 2.24) is 14.4 Å². The SMILES string of the molecule is CCNc1cn2ccnc2c(NCCCC(=O)OCC)n1. The molecular formula is C14H21N5O2. The van der Waals surface area contributed by atoms with Crippen LogP contribution in [0.25, 0.3) is 5.65 Å². The quantitative estimate of drug-likeness (QED) is 0.571. The van der Waals surface area contributed by atoms with Crippen LogP contribution >= 0.6 is 0 Å². The summed E-state index contributed by atoms with van der Waals surface area (Å²) >= 11 is 0. The molecule has 7 heteroatoms. The predicted molar refractivity (Wildman–Crippen MR) is 81.5 cm³/mol. The standard InChI is InChI=1S/C14H21N5O2/c1-3-15-11-10-19-9-8-17-14(19)13(18-11)16-7-5-6-12(20)21-4-2/h8-10,15H,3-7H2,1-2H3,(H,16,18). The largest absolute Gasteiger partial charge is 0.466 e. The minimum Gasteiger partial charge on any atom is -0.466 e. The number of hydrogen-bond acceptors (Lipinski definition) is 6. The Hall–Kier alpha value is -2.31. The maximum atomic E-state index is 11.3. The Kier molecular flexibility index (Phi) is 5.36. The van der Waals surface area contributed by atoms with Gasteiger partial charge in [-0.3, -0.25) is 4.79 Å². The first-order valence-corrected chi connectivity index (χ1v) is 7.21. The van der Waals surface area contributed by atoms with Crippen LogP contribution in [-0.2, 0) is 9.53 Å². The second-order valence-corrected chi connectivity index (χ2v) is 4.50. The summed E-state index contributed by atoms with van der Waals surface area (Å²) in [5, 5.41) is 6.41. The molecule has 2 N–H and O–H groups in total. The fourth-order valence-electron chi connectivity index (χ4n) is 1.99. The minimum absolute atomic E-state index is 0.167. The van der Waals surface area contributed by atoms with E-state index in [1.54, 1.807) is 13.1 Å². The van der Waals surface area contributed by atoms with Crippen molar-refractivity contribution in [2.75, 3.05) is 30.3 Å². The van der Waals surface area contributed by atoms with Crippen LogP contribution in [0.4, 0.5) is 11.6 Å². The molecule has 2 heterocycles. The molecule has 0 saturated heterocycles. The number of nitrogens with zero attached hydrogens (tertiary/aromatic N) is 3.